The Morgan fingerprint density at radius 1 is 0.450 bits per heavy atom. The number of nitrogens with zero attached hydrogens (tertiary/aromatic N) is 2. The molecule has 114 valence electrons. The number of hydrogen-bond acceptors (Lipinski definition) is 4. The van der Waals surface area contributed by atoms with Gasteiger partial charge in [-0.25, -0.2) is 19.6 Å². The first-order valence-electron chi connectivity index (χ1n) is 7.99. The molecule has 4 heteroatoms. The van der Waals surface area contributed by atoms with Gasteiger partial charge in [0, 0.05) is 0 Å². The second-order valence-corrected chi connectivity index (χ2v) is 5.19. The number of unbranched alkanes of at least 4 members (excludes halogenated alkanes) is 11. The molecule has 0 atom stereocenters. The molecule has 0 bridgehead atoms. The number of isocyanates is 2. The van der Waals surface area contributed by atoms with E-state index in [0.717, 1.165) is 12.8 Å². The summed E-state index contributed by atoms with van der Waals surface area (Å²) in [6.07, 6.45) is 18.0. The Bertz CT molecular complexity index is 263. The summed E-state index contributed by atoms with van der Waals surface area (Å²) in [7, 11) is 0. The van der Waals surface area contributed by atoms with Crippen LogP contribution in [0, 0.1) is 0 Å². The summed E-state index contributed by atoms with van der Waals surface area (Å²) in [6.45, 7) is 1.28. The van der Waals surface area contributed by atoms with Crippen molar-refractivity contribution in [2.45, 2.75) is 77.0 Å². The normalized spacial score (nSPS) is 9.80. The van der Waals surface area contributed by atoms with Gasteiger partial charge >= 0.3 is 0 Å². The molecule has 0 saturated heterocycles. The number of rotatable bonds is 15. The van der Waals surface area contributed by atoms with E-state index in [1.54, 1.807) is 12.2 Å². The highest BCUT2D eigenvalue weighted by atomic mass is 16.1. The summed E-state index contributed by atoms with van der Waals surface area (Å²) < 4.78 is 0. The van der Waals surface area contributed by atoms with Crippen molar-refractivity contribution in [1.82, 2.24) is 0 Å². The third-order valence-corrected chi connectivity index (χ3v) is 3.42. The summed E-state index contributed by atoms with van der Waals surface area (Å²) in [6, 6.07) is 0. The van der Waals surface area contributed by atoms with Crippen molar-refractivity contribution >= 4 is 12.2 Å². The van der Waals surface area contributed by atoms with Gasteiger partial charge in [-0.3, -0.25) is 0 Å². The smallest absolute Gasteiger partial charge is 0.211 e. The summed E-state index contributed by atoms with van der Waals surface area (Å²) >= 11 is 0. The van der Waals surface area contributed by atoms with Crippen molar-refractivity contribution in [2.75, 3.05) is 13.1 Å². The van der Waals surface area contributed by atoms with Crippen molar-refractivity contribution in [3.63, 3.8) is 0 Å². The van der Waals surface area contributed by atoms with Crippen molar-refractivity contribution in [2.24, 2.45) is 9.98 Å². The van der Waals surface area contributed by atoms with Gasteiger partial charge in [0.2, 0.25) is 12.2 Å². The number of aliphatic imine (C=N–C) groups is 2. The monoisotopic (exact) mass is 280 g/mol. The standard InChI is InChI=1S/C16H28N2O2/c19-15-17-13-11-9-7-5-3-1-2-4-6-8-10-12-14-18-16-20/h1-14H2. The first-order valence-corrected chi connectivity index (χ1v) is 7.99. The van der Waals surface area contributed by atoms with E-state index in [4.69, 9.17) is 0 Å². The molecular weight excluding hydrogens is 252 g/mol. The maximum absolute atomic E-state index is 9.84. The largest absolute Gasteiger partial charge is 0.234 e. The minimum absolute atomic E-state index is 0.641. The Hall–Kier alpha value is -1.24. The van der Waals surface area contributed by atoms with Crippen molar-refractivity contribution in [3.8, 4) is 0 Å². The zero-order valence-electron chi connectivity index (χ0n) is 12.6. The number of carbonyl (C=O) groups excluding carboxylic acids is 2. The molecule has 0 rings (SSSR count). The SMILES string of the molecule is O=C=NCCCCCCCCCCCCCCN=C=O. The molecule has 0 radical (unpaired) electrons. The van der Waals surface area contributed by atoms with Gasteiger partial charge in [-0.15, -0.1) is 0 Å². The van der Waals surface area contributed by atoms with Crippen LogP contribution in [0.3, 0.4) is 0 Å². The molecule has 4 nitrogen and oxygen atoms in total. The molecule has 0 aromatic heterocycles. The molecule has 0 aromatic carbocycles. The maximum Gasteiger partial charge on any atom is 0.234 e. The fourth-order valence-corrected chi connectivity index (χ4v) is 2.24. The predicted octanol–water partition coefficient (Wildman–Crippen LogP) is 4.34. The first-order chi connectivity index (χ1) is 9.91. The summed E-state index contributed by atoms with van der Waals surface area (Å²) in [4.78, 5) is 26.8. The van der Waals surface area contributed by atoms with Crippen LogP contribution in [0.5, 0.6) is 0 Å². The van der Waals surface area contributed by atoms with Gasteiger partial charge in [-0.1, -0.05) is 64.2 Å². The van der Waals surface area contributed by atoms with Crippen LogP contribution in [-0.4, -0.2) is 25.2 Å². The lowest BCUT2D eigenvalue weighted by Gasteiger charge is -2.02. The molecule has 0 aromatic rings. The lowest BCUT2D eigenvalue weighted by molar-refractivity contribution is 0.540. The van der Waals surface area contributed by atoms with Crippen LogP contribution in [0.2, 0.25) is 0 Å². The Labute approximate surface area is 122 Å². The topological polar surface area (TPSA) is 58.9 Å². The lowest BCUT2D eigenvalue weighted by atomic mass is 10.1. The van der Waals surface area contributed by atoms with Gasteiger partial charge in [-0.05, 0) is 12.8 Å². The van der Waals surface area contributed by atoms with Gasteiger partial charge < -0.3 is 0 Å². The fraction of sp³-hybridized carbons (Fsp3) is 0.875. The first kappa shape index (κ1) is 18.8. The van der Waals surface area contributed by atoms with E-state index in [1.807, 2.05) is 0 Å². The quantitative estimate of drug-likeness (QED) is 0.254. The van der Waals surface area contributed by atoms with E-state index >= 15 is 0 Å². The molecule has 0 N–H and O–H groups in total. The van der Waals surface area contributed by atoms with Crippen LogP contribution in [-0.2, 0) is 9.59 Å². The summed E-state index contributed by atoms with van der Waals surface area (Å²) in [5, 5.41) is 0. The zero-order valence-corrected chi connectivity index (χ0v) is 12.6. The molecule has 0 heterocycles. The van der Waals surface area contributed by atoms with Crippen molar-refractivity contribution in [1.29, 1.82) is 0 Å². The molecule has 0 saturated carbocycles. The fourth-order valence-electron chi connectivity index (χ4n) is 2.24. The molecule has 0 aliphatic rings. The van der Waals surface area contributed by atoms with Crippen LogP contribution in [0.25, 0.3) is 0 Å². The van der Waals surface area contributed by atoms with E-state index in [9.17, 15) is 9.59 Å². The van der Waals surface area contributed by atoms with E-state index in [1.165, 1.54) is 64.2 Å². The Morgan fingerprint density at radius 3 is 0.950 bits per heavy atom. The molecule has 0 fully saturated rings. The molecule has 20 heavy (non-hydrogen) atoms. The molecular formula is C16H28N2O2. The molecule has 0 spiro atoms. The van der Waals surface area contributed by atoms with Crippen molar-refractivity contribution < 1.29 is 9.59 Å². The van der Waals surface area contributed by atoms with Crippen LogP contribution >= 0.6 is 0 Å². The molecule has 0 amide bonds. The van der Waals surface area contributed by atoms with E-state index in [-0.39, 0.29) is 0 Å². The van der Waals surface area contributed by atoms with E-state index in [0.29, 0.717) is 13.1 Å². The molecule has 0 aliphatic carbocycles. The van der Waals surface area contributed by atoms with Gasteiger partial charge in [-0.2, -0.15) is 0 Å². The third-order valence-electron chi connectivity index (χ3n) is 3.42. The molecule has 0 unspecified atom stereocenters. The highest BCUT2D eigenvalue weighted by Crippen LogP contribution is 2.11. The van der Waals surface area contributed by atoms with Gasteiger partial charge in [0.05, 0.1) is 13.1 Å². The predicted molar refractivity (Wildman–Crippen MR) is 81.4 cm³/mol. The van der Waals surface area contributed by atoms with E-state index in [2.05, 4.69) is 9.98 Å². The van der Waals surface area contributed by atoms with Crippen molar-refractivity contribution in [3.05, 3.63) is 0 Å². The average molecular weight is 280 g/mol. The Balaban J connectivity index is 2.99. The third kappa shape index (κ3) is 16.8. The second-order valence-electron chi connectivity index (χ2n) is 5.19. The average Bonchev–Trinajstić information content (AvgIpc) is 2.47. The van der Waals surface area contributed by atoms with E-state index < -0.39 is 0 Å². The highest BCUT2D eigenvalue weighted by molar-refractivity contribution is 5.32. The summed E-state index contributed by atoms with van der Waals surface area (Å²) in [5.74, 6) is 0. The van der Waals surface area contributed by atoms with Crippen LogP contribution in [0.15, 0.2) is 9.98 Å². The Morgan fingerprint density at radius 2 is 0.700 bits per heavy atom. The molecule has 0 aliphatic heterocycles. The minimum atomic E-state index is 0.641. The highest BCUT2D eigenvalue weighted by Gasteiger charge is 1.93. The minimum Gasteiger partial charge on any atom is -0.211 e. The summed E-state index contributed by atoms with van der Waals surface area (Å²) in [5.41, 5.74) is 0. The van der Waals surface area contributed by atoms with Crippen LogP contribution in [0.4, 0.5) is 0 Å². The lowest BCUT2D eigenvalue weighted by Crippen LogP contribution is -1.85. The van der Waals surface area contributed by atoms with Gasteiger partial charge in [0.15, 0.2) is 0 Å². The zero-order chi connectivity index (χ0) is 14.7. The van der Waals surface area contributed by atoms with Crippen LogP contribution in [0.1, 0.15) is 77.0 Å². The Kier molecular flexibility index (Phi) is 16.7. The van der Waals surface area contributed by atoms with Gasteiger partial charge in [0.25, 0.3) is 0 Å². The second kappa shape index (κ2) is 17.8. The van der Waals surface area contributed by atoms with Gasteiger partial charge in [0.1, 0.15) is 0 Å². The number of hydrogen-bond donors (Lipinski definition) is 0. The van der Waals surface area contributed by atoms with Crippen LogP contribution < -0.4 is 0 Å². The maximum atomic E-state index is 9.84.